The molecule has 80 valence electrons. The van der Waals surface area contributed by atoms with Crippen molar-refractivity contribution < 1.29 is 0 Å². The highest BCUT2D eigenvalue weighted by Gasteiger charge is 1.91. The van der Waals surface area contributed by atoms with Gasteiger partial charge in [-0.3, -0.25) is 0 Å². The lowest BCUT2D eigenvalue weighted by Crippen LogP contribution is -1.75. The lowest BCUT2D eigenvalue weighted by molar-refractivity contribution is 1.41. The van der Waals surface area contributed by atoms with E-state index < -0.39 is 0 Å². The molecule has 1 aromatic carbocycles. The Bertz CT molecular complexity index is 446. The molecule has 0 aliphatic rings. The van der Waals surface area contributed by atoms with E-state index in [0.29, 0.717) is 0 Å². The van der Waals surface area contributed by atoms with Gasteiger partial charge in [-0.2, -0.15) is 0 Å². The van der Waals surface area contributed by atoms with Gasteiger partial charge in [0.15, 0.2) is 0 Å². The van der Waals surface area contributed by atoms with E-state index in [-0.39, 0.29) is 7.53 Å². The molecule has 2 aromatic rings. The zero-order chi connectivity index (χ0) is 11.1. The van der Waals surface area contributed by atoms with Gasteiger partial charge in [-0.25, -0.2) is 0 Å². The maximum Gasteiger partial charge on any atom is 0.0111 e. The Balaban J connectivity index is 2.26. The summed E-state index contributed by atoms with van der Waals surface area (Å²) in [6.07, 6.45) is 1.13. The molecule has 0 spiro atoms. The predicted molar refractivity (Wildman–Crippen MR) is 72.3 cm³/mol. The molecule has 0 amide bonds. The third-order valence-electron chi connectivity index (χ3n) is 2.32. The zero-order valence-corrected chi connectivity index (χ0v) is 10.1. The summed E-state index contributed by atoms with van der Waals surface area (Å²) in [7, 11) is -0.172. The monoisotopic (exact) mass is 226 g/mol. The quantitative estimate of drug-likeness (QED) is 0.687. The summed E-state index contributed by atoms with van der Waals surface area (Å²) in [5.41, 5.74) is 1.41. The Morgan fingerprint density at radius 3 is 1.75 bits per heavy atom. The molecule has 0 saturated heterocycles. The smallest absolute Gasteiger partial charge is 0.0111 e. The topological polar surface area (TPSA) is 0 Å². The standard InChI is InChI=1S/C15H15P/c1-2-4-9-13-16(12-8-3-1)14-15-10-6-5-7-11-15/h1-13H,14H2. The minimum atomic E-state index is -0.172. The van der Waals surface area contributed by atoms with Crippen molar-refractivity contribution >= 4 is 7.53 Å². The van der Waals surface area contributed by atoms with Crippen LogP contribution in [0.15, 0.2) is 78.3 Å². The summed E-state index contributed by atoms with van der Waals surface area (Å²) >= 11 is 0. The summed E-state index contributed by atoms with van der Waals surface area (Å²) in [5, 5.41) is 0. The third kappa shape index (κ3) is 3.56. The van der Waals surface area contributed by atoms with E-state index in [0.717, 1.165) is 6.16 Å². The molecule has 0 bridgehead atoms. The van der Waals surface area contributed by atoms with Gasteiger partial charge in [0.2, 0.25) is 0 Å². The van der Waals surface area contributed by atoms with Crippen molar-refractivity contribution in [3.63, 3.8) is 0 Å². The summed E-state index contributed by atoms with van der Waals surface area (Å²) in [4.78, 5) is 0. The maximum absolute atomic E-state index is 2.31. The molecule has 0 nitrogen and oxygen atoms in total. The van der Waals surface area contributed by atoms with Crippen LogP contribution in [0.25, 0.3) is 0 Å². The fraction of sp³-hybridized carbons (Fsp3) is 0.0667. The number of hydrogen-bond acceptors (Lipinski definition) is 0. The minimum Gasteiger partial charge on any atom is -0.120 e. The van der Waals surface area contributed by atoms with Crippen molar-refractivity contribution in [3.8, 4) is 0 Å². The molecular formula is C15H15P. The summed E-state index contributed by atoms with van der Waals surface area (Å²) in [5.74, 6) is 4.62. The molecule has 0 atom stereocenters. The molecule has 0 unspecified atom stereocenters. The first-order valence-corrected chi connectivity index (χ1v) is 7.10. The zero-order valence-electron chi connectivity index (χ0n) is 9.16. The number of benzene rings is 1. The van der Waals surface area contributed by atoms with Crippen molar-refractivity contribution in [2.75, 3.05) is 0 Å². The maximum atomic E-state index is 2.31. The first kappa shape index (κ1) is 11.0. The summed E-state index contributed by atoms with van der Waals surface area (Å²) in [6, 6.07) is 23.3. The molecule has 1 heteroatoms. The highest BCUT2D eigenvalue weighted by molar-refractivity contribution is 7.47. The molecule has 1 heterocycles. The normalized spacial score (nSPS) is 9.50. The second-order valence-corrected chi connectivity index (χ2v) is 5.55. The van der Waals surface area contributed by atoms with E-state index in [9.17, 15) is 0 Å². The Labute approximate surface area is 98.0 Å². The van der Waals surface area contributed by atoms with Crippen LogP contribution in [0.2, 0.25) is 0 Å². The Morgan fingerprint density at radius 2 is 1.12 bits per heavy atom. The Hall–Kier alpha value is -1.52. The van der Waals surface area contributed by atoms with Gasteiger partial charge in [-0.05, 0) is 17.2 Å². The molecular weight excluding hydrogens is 211 g/mol. The van der Waals surface area contributed by atoms with Gasteiger partial charge < -0.3 is 0 Å². The largest absolute Gasteiger partial charge is 0.120 e. The minimum absolute atomic E-state index is 0.172. The lowest BCUT2D eigenvalue weighted by Gasteiger charge is -1.99. The second-order valence-electron chi connectivity index (χ2n) is 3.61. The number of hydrogen-bond donors (Lipinski definition) is 0. The molecule has 0 saturated carbocycles. The molecule has 2 rings (SSSR count). The lowest BCUT2D eigenvalue weighted by atomic mass is 10.2. The van der Waals surface area contributed by atoms with Gasteiger partial charge >= 0.3 is 0 Å². The average Bonchev–Trinajstić information content (AvgIpc) is 2.45. The van der Waals surface area contributed by atoms with Gasteiger partial charge in [0.05, 0.1) is 0 Å². The fourth-order valence-corrected chi connectivity index (χ4v) is 3.11. The first-order chi connectivity index (χ1) is 7.95. The van der Waals surface area contributed by atoms with Crippen LogP contribution >= 0.6 is 7.53 Å². The Morgan fingerprint density at radius 1 is 0.625 bits per heavy atom. The van der Waals surface area contributed by atoms with Gasteiger partial charge in [-0.1, -0.05) is 66.7 Å². The van der Waals surface area contributed by atoms with Crippen molar-refractivity contribution in [3.05, 3.63) is 83.9 Å². The van der Waals surface area contributed by atoms with Crippen LogP contribution in [0, 0.1) is 0 Å². The van der Waals surface area contributed by atoms with Crippen molar-refractivity contribution in [2.24, 2.45) is 0 Å². The molecule has 0 N–H and O–H groups in total. The van der Waals surface area contributed by atoms with E-state index in [1.165, 1.54) is 5.56 Å². The van der Waals surface area contributed by atoms with Crippen LogP contribution in [-0.4, -0.2) is 0 Å². The van der Waals surface area contributed by atoms with Crippen molar-refractivity contribution in [1.82, 2.24) is 0 Å². The van der Waals surface area contributed by atoms with E-state index in [1.54, 1.807) is 0 Å². The Kier molecular flexibility index (Phi) is 4.22. The second kappa shape index (κ2) is 6.15. The van der Waals surface area contributed by atoms with Crippen LogP contribution in [0.5, 0.6) is 0 Å². The predicted octanol–water partition coefficient (Wildman–Crippen LogP) is 4.85. The van der Waals surface area contributed by atoms with E-state index in [4.69, 9.17) is 0 Å². The van der Waals surface area contributed by atoms with Crippen LogP contribution < -0.4 is 0 Å². The molecule has 1 aromatic heterocycles. The van der Waals surface area contributed by atoms with Gasteiger partial charge in [-0.15, -0.1) is 7.53 Å². The molecule has 0 aliphatic carbocycles. The van der Waals surface area contributed by atoms with E-state index in [1.807, 2.05) is 0 Å². The van der Waals surface area contributed by atoms with Crippen LogP contribution in [0.3, 0.4) is 0 Å². The molecule has 0 aliphatic heterocycles. The molecule has 0 radical (unpaired) electrons. The van der Waals surface area contributed by atoms with Crippen molar-refractivity contribution in [2.45, 2.75) is 6.16 Å². The fourth-order valence-electron chi connectivity index (χ4n) is 1.53. The average molecular weight is 226 g/mol. The SMILES string of the molecule is c1ccccp(Cc2ccccc2)ccc1. The highest BCUT2D eigenvalue weighted by Crippen LogP contribution is 2.28. The van der Waals surface area contributed by atoms with Gasteiger partial charge in [0, 0.05) is 6.16 Å². The number of rotatable bonds is 2. The molecule has 0 fully saturated rings. The van der Waals surface area contributed by atoms with E-state index >= 15 is 0 Å². The first-order valence-electron chi connectivity index (χ1n) is 5.43. The van der Waals surface area contributed by atoms with Crippen LogP contribution in [-0.2, 0) is 6.16 Å². The van der Waals surface area contributed by atoms with Crippen LogP contribution in [0.1, 0.15) is 5.56 Å². The van der Waals surface area contributed by atoms with E-state index in [2.05, 4.69) is 78.3 Å². The van der Waals surface area contributed by atoms with Gasteiger partial charge in [0.1, 0.15) is 0 Å². The summed E-state index contributed by atoms with van der Waals surface area (Å²) < 4.78 is 0. The highest BCUT2D eigenvalue weighted by atomic mass is 31.1. The molecule has 16 heavy (non-hydrogen) atoms. The summed E-state index contributed by atoms with van der Waals surface area (Å²) in [6.45, 7) is 0. The third-order valence-corrected chi connectivity index (χ3v) is 4.16. The van der Waals surface area contributed by atoms with Crippen LogP contribution in [0.4, 0.5) is 0 Å². The van der Waals surface area contributed by atoms with Gasteiger partial charge in [0.25, 0.3) is 0 Å². The van der Waals surface area contributed by atoms with Crippen molar-refractivity contribution in [1.29, 1.82) is 0 Å².